The fraction of sp³-hybridized carbons (Fsp3) is 0.462. The number of ether oxygens (including phenoxy) is 1. The third-order valence-corrected chi connectivity index (χ3v) is 5.79. The van der Waals surface area contributed by atoms with Crippen molar-refractivity contribution in [3.05, 3.63) is 32.3 Å². The Balaban J connectivity index is 0.000000828. The predicted octanol–water partition coefficient (Wildman–Crippen LogP) is 0.536. The quantitative estimate of drug-likeness (QED) is 0.424. The molecule has 0 bridgehead atoms. The summed E-state index contributed by atoms with van der Waals surface area (Å²) in [6.45, 7) is 3.29. The number of nitrogens with two attached hydrogens (primary N) is 2. The van der Waals surface area contributed by atoms with E-state index in [1.54, 1.807) is 0 Å². The minimum atomic E-state index is -4.05. The van der Waals surface area contributed by atoms with Crippen molar-refractivity contribution in [3.8, 4) is 0 Å². The van der Waals surface area contributed by atoms with Crippen LogP contribution in [-0.2, 0) is 14.8 Å². The number of benzene rings is 1. The Labute approximate surface area is 165 Å². The zero-order valence-electron chi connectivity index (χ0n) is 14.1. The van der Waals surface area contributed by atoms with E-state index in [-0.39, 0.29) is 11.6 Å². The molecule has 11 nitrogen and oxygen atoms in total. The lowest BCUT2D eigenvalue weighted by Gasteiger charge is -2.26. The molecule has 0 aliphatic carbocycles. The highest BCUT2D eigenvalue weighted by Crippen LogP contribution is 2.36. The van der Waals surface area contributed by atoms with Gasteiger partial charge in [-0.05, 0) is 6.07 Å². The summed E-state index contributed by atoms with van der Waals surface area (Å²) >= 11 is 11.7. The van der Waals surface area contributed by atoms with Crippen LogP contribution in [-0.4, -0.2) is 63.7 Å². The molecule has 152 valence electrons. The molecule has 1 aromatic carbocycles. The second-order valence-corrected chi connectivity index (χ2v) is 7.71. The number of sulfonamides is 1. The molecule has 1 aliphatic heterocycles. The van der Waals surface area contributed by atoms with Crippen LogP contribution in [0.1, 0.15) is 0 Å². The lowest BCUT2D eigenvalue weighted by Crippen LogP contribution is -2.41. The maximum atomic E-state index is 12.3. The average molecular weight is 444 g/mol. The Morgan fingerprint density at radius 2 is 1.85 bits per heavy atom. The van der Waals surface area contributed by atoms with Crippen LogP contribution in [0.25, 0.3) is 0 Å². The van der Waals surface area contributed by atoms with Crippen molar-refractivity contribution in [2.24, 2.45) is 11.5 Å². The van der Waals surface area contributed by atoms with E-state index < -0.39 is 36.6 Å². The maximum Gasteiger partial charge on any atom is 0.309 e. The van der Waals surface area contributed by atoms with Gasteiger partial charge in [0.15, 0.2) is 0 Å². The number of urea groups is 1. The highest BCUT2D eigenvalue weighted by molar-refractivity contribution is 7.89. The number of hydrogen-bond acceptors (Lipinski definition) is 7. The summed E-state index contributed by atoms with van der Waals surface area (Å²) < 4.78 is 32.3. The van der Waals surface area contributed by atoms with Crippen molar-refractivity contribution in [1.82, 2.24) is 9.62 Å². The van der Waals surface area contributed by atoms with Crippen LogP contribution in [0.5, 0.6) is 0 Å². The molecule has 2 rings (SSSR count). The Morgan fingerprint density at radius 3 is 2.37 bits per heavy atom. The first kappa shape index (κ1) is 23.3. The minimum absolute atomic E-state index is 0.137. The van der Waals surface area contributed by atoms with Crippen molar-refractivity contribution in [2.45, 2.75) is 4.90 Å². The second-order valence-electron chi connectivity index (χ2n) is 5.22. The van der Waals surface area contributed by atoms with Crippen LogP contribution >= 0.6 is 23.2 Å². The number of halogens is 2. The standard InChI is InChI=1S/C12H15Cl2N3O5S.CH4N2O/c13-9-1-2-10(17(18)19)11(14)12(9)23(20,21)15-3-4-16-5-7-22-8-6-16;2-1(3)4/h1-2,15H,3-8H2;(H4,2,3,4). The summed E-state index contributed by atoms with van der Waals surface area (Å²) in [4.78, 5) is 20.7. The van der Waals surface area contributed by atoms with Gasteiger partial charge in [0.1, 0.15) is 9.92 Å². The van der Waals surface area contributed by atoms with Gasteiger partial charge in [0.25, 0.3) is 5.69 Å². The number of primary amides is 2. The van der Waals surface area contributed by atoms with Gasteiger partial charge in [-0.25, -0.2) is 17.9 Å². The molecule has 0 saturated carbocycles. The van der Waals surface area contributed by atoms with Crippen molar-refractivity contribution in [3.63, 3.8) is 0 Å². The van der Waals surface area contributed by atoms with E-state index in [1.165, 1.54) is 0 Å². The summed E-state index contributed by atoms with van der Waals surface area (Å²) in [6.07, 6.45) is 0. The van der Waals surface area contributed by atoms with Gasteiger partial charge < -0.3 is 16.2 Å². The van der Waals surface area contributed by atoms with Gasteiger partial charge in [0.05, 0.1) is 23.2 Å². The number of nitro groups is 1. The normalized spacial score (nSPS) is 14.9. The SMILES string of the molecule is NC(N)=O.O=[N+]([O-])c1ccc(Cl)c(S(=O)(=O)NCCN2CCOCC2)c1Cl. The van der Waals surface area contributed by atoms with E-state index >= 15 is 0 Å². The van der Waals surface area contributed by atoms with Crippen molar-refractivity contribution < 1.29 is 22.9 Å². The number of carbonyl (C=O) groups excluding carboxylic acids is 1. The fourth-order valence-corrected chi connectivity index (χ4v) is 4.36. The molecule has 27 heavy (non-hydrogen) atoms. The molecule has 1 fully saturated rings. The van der Waals surface area contributed by atoms with Crippen LogP contribution in [0.15, 0.2) is 17.0 Å². The minimum Gasteiger partial charge on any atom is -0.379 e. The van der Waals surface area contributed by atoms with Crippen molar-refractivity contribution in [2.75, 3.05) is 39.4 Å². The number of nitro benzene ring substituents is 1. The molecular formula is C13H19Cl2N5O6S. The molecule has 0 aromatic heterocycles. The molecule has 0 spiro atoms. The number of nitrogens with one attached hydrogen (secondary N) is 1. The molecule has 1 heterocycles. The van der Waals surface area contributed by atoms with Crippen LogP contribution in [0.2, 0.25) is 10.0 Å². The molecule has 0 radical (unpaired) electrons. The zero-order chi connectivity index (χ0) is 20.6. The third-order valence-electron chi connectivity index (χ3n) is 3.32. The molecular weight excluding hydrogens is 425 g/mol. The van der Waals surface area contributed by atoms with Crippen molar-refractivity contribution >= 4 is 44.9 Å². The first-order valence-electron chi connectivity index (χ1n) is 7.53. The van der Waals surface area contributed by atoms with E-state index in [2.05, 4.69) is 16.2 Å². The lowest BCUT2D eigenvalue weighted by atomic mass is 10.3. The molecule has 2 amide bonds. The number of carbonyl (C=O) groups is 1. The van der Waals surface area contributed by atoms with Gasteiger partial charge >= 0.3 is 6.03 Å². The summed E-state index contributed by atoms with van der Waals surface area (Å²) in [7, 11) is -4.05. The number of hydrogen-bond donors (Lipinski definition) is 3. The molecule has 14 heteroatoms. The molecule has 0 unspecified atom stereocenters. The van der Waals surface area contributed by atoms with Gasteiger partial charge in [0, 0.05) is 32.2 Å². The Bertz CT molecular complexity index is 782. The topological polar surface area (TPSA) is 171 Å². The summed E-state index contributed by atoms with van der Waals surface area (Å²) in [5.41, 5.74) is 7.99. The summed E-state index contributed by atoms with van der Waals surface area (Å²) in [5, 5.41) is 10.2. The molecule has 1 saturated heterocycles. The fourth-order valence-electron chi connectivity index (χ4n) is 2.14. The molecule has 5 N–H and O–H groups in total. The second kappa shape index (κ2) is 10.6. The molecule has 1 aliphatic rings. The largest absolute Gasteiger partial charge is 0.379 e. The Kier molecular flexibility index (Phi) is 9.15. The van der Waals surface area contributed by atoms with E-state index in [4.69, 9.17) is 32.7 Å². The molecule has 0 atom stereocenters. The average Bonchev–Trinajstić information content (AvgIpc) is 2.54. The number of rotatable bonds is 6. The summed E-state index contributed by atoms with van der Waals surface area (Å²) in [6, 6.07) is 1.37. The number of nitrogens with zero attached hydrogens (tertiary/aromatic N) is 2. The monoisotopic (exact) mass is 443 g/mol. The van der Waals surface area contributed by atoms with E-state index in [0.717, 1.165) is 25.2 Å². The smallest absolute Gasteiger partial charge is 0.309 e. The molecule has 1 aromatic rings. The highest BCUT2D eigenvalue weighted by Gasteiger charge is 2.28. The van der Waals surface area contributed by atoms with E-state index in [0.29, 0.717) is 19.8 Å². The zero-order valence-corrected chi connectivity index (χ0v) is 16.4. The first-order chi connectivity index (χ1) is 12.6. The van der Waals surface area contributed by atoms with Crippen molar-refractivity contribution in [1.29, 1.82) is 0 Å². The van der Waals surface area contributed by atoms with Crippen LogP contribution in [0.4, 0.5) is 10.5 Å². The van der Waals surface area contributed by atoms with Gasteiger partial charge in [-0.3, -0.25) is 15.0 Å². The predicted molar refractivity (Wildman–Crippen MR) is 99.3 cm³/mol. The summed E-state index contributed by atoms with van der Waals surface area (Å²) in [5.74, 6) is 0. The van der Waals surface area contributed by atoms with Gasteiger partial charge in [-0.1, -0.05) is 23.2 Å². The van der Waals surface area contributed by atoms with E-state index in [9.17, 15) is 18.5 Å². The van der Waals surface area contributed by atoms with Crippen LogP contribution in [0.3, 0.4) is 0 Å². The van der Waals surface area contributed by atoms with Gasteiger partial charge in [-0.15, -0.1) is 0 Å². The third kappa shape index (κ3) is 7.44. The Hall–Kier alpha value is -1.70. The Morgan fingerprint density at radius 1 is 1.30 bits per heavy atom. The van der Waals surface area contributed by atoms with Crippen LogP contribution < -0.4 is 16.2 Å². The highest BCUT2D eigenvalue weighted by atomic mass is 35.5. The number of morpholine rings is 1. The first-order valence-corrected chi connectivity index (χ1v) is 9.77. The van der Waals surface area contributed by atoms with Gasteiger partial charge in [0.2, 0.25) is 10.0 Å². The maximum absolute atomic E-state index is 12.3. The van der Waals surface area contributed by atoms with Crippen LogP contribution in [0, 0.1) is 10.1 Å². The number of amides is 2. The lowest BCUT2D eigenvalue weighted by molar-refractivity contribution is -0.384. The van der Waals surface area contributed by atoms with E-state index in [1.807, 2.05) is 4.90 Å². The van der Waals surface area contributed by atoms with Gasteiger partial charge in [-0.2, -0.15) is 0 Å².